The van der Waals surface area contributed by atoms with Crippen LogP contribution in [0.2, 0.25) is 0 Å². The second-order valence-electron chi connectivity index (χ2n) is 4.48. The van der Waals surface area contributed by atoms with Gasteiger partial charge in [0, 0.05) is 19.0 Å². The van der Waals surface area contributed by atoms with Gasteiger partial charge in [-0.3, -0.25) is 5.41 Å². The van der Waals surface area contributed by atoms with Gasteiger partial charge in [0.1, 0.15) is 9.84 Å². The third kappa shape index (κ3) is 2.51. The molecule has 0 atom stereocenters. The van der Waals surface area contributed by atoms with Gasteiger partial charge in [-0.15, -0.1) is 0 Å². The summed E-state index contributed by atoms with van der Waals surface area (Å²) in [5.41, 5.74) is 0. The van der Waals surface area contributed by atoms with E-state index in [1.54, 1.807) is 0 Å². The van der Waals surface area contributed by atoms with Crippen molar-refractivity contribution in [2.24, 2.45) is 0 Å². The molecular weight excluding hydrogens is 212 g/mol. The summed E-state index contributed by atoms with van der Waals surface area (Å²) >= 11 is 0. The Hall–Kier alpha value is -0.580. The van der Waals surface area contributed by atoms with E-state index in [-0.39, 0.29) is 0 Å². The van der Waals surface area contributed by atoms with Gasteiger partial charge in [0.2, 0.25) is 0 Å². The molecule has 1 N–H and O–H groups in total. The SMILES string of the molecule is N=C1CCCCN1C1CCS(=O)(=O)CC1. The molecule has 0 amide bonds. The van der Waals surface area contributed by atoms with Crippen molar-refractivity contribution in [1.29, 1.82) is 5.41 Å². The molecule has 0 bridgehead atoms. The quantitative estimate of drug-likeness (QED) is 0.731. The van der Waals surface area contributed by atoms with Crippen molar-refractivity contribution in [3.63, 3.8) is 0 Å². The standard InChI is InChI=1S/C10H18N2O2S/c11-10-3-1-2-6-12(10)9-4-7-15(13,14)8-5-9/h9,11H,1-8H2. The largest absolute Gasteiger partial charge is 0.358 e. The van der Waals surface area contributed by atoms with Crippen molar-refractivity contribution >= 4 is 15.7 Å². The van der Waals surface area contributed by atoms with Crippen molar-refractivity contribution in [1.82, 2.24) is 4.90 Å². The van der Waals surface area contributed by atoms with E-state index in [2.05, 4.69) is 4.90 Å². The van der Waals surface area contributed by atoms with Crippen LogP contribution in [0.4, 0.5) is 0 Å². The van der Waals surface area contributed by atoms with Crippen molar-refractivity contribution in [2.75, 3.05) is 18.1 Å². The molecule has 2 fully saturated rings. The number of hydrogen-bond donors (Lipinski definition) is 1. The lowest BCUT2D eigenvalue weighted by atomic mass is 10.0. The van der Waals surface area contributed by atoms with Crippen molar-refractivity contribution < 1.29 is 8.42 Å². The molecule has 2 rings (SSSR count). The predicted molar refractivity (Wildman–Crippen MR) is 60.0 cm³/mol. The van der Waals surface area contributed by atoms with E-state index in [1.807, 2.05) is 0 Å². The van der Waals surface area contributed by atoms with E-state index in [9.17, 15) is 8.42 Å². The number of rotatable bonds is 1. The number of piperidine rings is 1. The molecule has 0 radical (unpaired) electrons. The highest BCUT2D eigenvalue weighted by atomic mass is 32.2. The maximum absolute atomic E-state index is 11.3. The van der Waals surface area contributed by atoms with Gasteiger partial charge < -0.3 is 4.90 Å². The lowest BCUT2D eigenvalue weighted by Gasteiger charge is -2.38. The van der Waals surface area contributed by atoms with Crippen LogP contribution in [0.15, 0.2) is 0 Å². The van der Waals surface area contributed by atoms with Crippen molar-refractivity contribution in [3.8, 4) is 0 Å². The van der Waals surface area contributed by atoms with Crippen molar-refractivity contribution in [2.45, 2.75) is 38.1 Å². The molecule has 0 aromatic rings. The fraction of sp³-hybridized carbons (Fsp3) is 0.900. The van der Waals surface area contributed by atoms with Gasteiger partial charge in [-0.05, 0) is 25.7 Å². The van der Waals surface area contributed by atoms with Crippen LogP contribution in [0.3, 0.4) is 0 Å². The number of likely N-dealkylation sites (tertiary alicyclic amines) is 1. The minimum atomic E-state index is -2.77. The molecule has 0 saturated carbocycles. The van der Waals surface area contributed by atoms with Gasteiger partial charge in [0.05, 0.1) is 17.3 Å². The van der Waals surface area contributed by atoms with Crippen LogP contribution in [-0.2, 0) is 9.84 Å². The maximum Gasteiger partial charge on any atom is 0.150 e. The third-order valence-electron chi connectivity index (χ3n) is 3.37. The van der Waals surface area contributed by atoms with E-state index < -0.39 is 9.84 Å². The van der Waals surface area contributed by atoms with Gasteiger partial charge in [-0.2, -0.15) is 0 Å². The van der Waals surface area contributed by atoms with Crippen LogP contribution in [0, 0.1) is 5.41 Å². The van der Waals surface area contributed by atoms with Gasteiger partial charge in [0.25, 0.3) is 0 Å². The highest BCUT2D eigenvalue weighted by Crippen LogP contribution is 2.22. The molecule has 0 aromatic heterocycles. The minimum absolute atomic E-state index is 0.307. The summed E-state index contributed by atoms with van der Waals surface area (Å²) in [6.45, 7) is 0.948. The Morgan fingerprint density at radius 2 is 1.87 bits per heavy atom. The van der Waals surface area contributed by atoms with Crippen molar-refractivity contribution in [3.05, 3.63) is 0 Å². The molecule has 5 heteroatoms. The lowest BCUT2D eigenvalue weighted by molar-refractivity contribution is 0.262. The summed E-state index contributed by atoms with van der Waals surface area (Å²) in [6.07, 6.45) is 4.55. The molecule has 0 unspecified atom stereocenters. The number of hydrogen-bond acceptors (Lipinski definition) is 3. The molecule has 0 spiro atoms. The topological polar surface area (TPSA) is 61.2 Å². The first kappa shape index (κ1) is 10.9. The average Bonchev–Trinajstić information content (AvgIpc) is 2.19. The summed E-state index contributed by atoms with van der Waals surface area (Å²) in [4.78, 5) is 2.12. The average molecular weight is 230 g/mol. The zero-order valence-electron chi connectivity index (χ0n) is 8.91. The number of sulfone groups is 1. The molecule has 15 heavy (non-hydrogen) atoms. The predicted octanol–water partition coefficient (Wildman–Crippen LogP) is 1.03. The van der Waals surface area contributed by atoms with Crippen LogP contribution < -0.4 is 0 Å². The van der Waals surface area contributed by atoms with Crippen LogP contribution in [-0.4, -0.2) is 43.2 Å². The summed E-state index contributed by atoms with van der Waals surface area (Å²) in [7, 11) is -2.77. The van der Waals surface area contributed by atoms with Crippen LogP contribution >= 0.6 is 0 Å². The molecule has 2 aliphatic rings. The summed E-state index contributed by atoms with van der Waals surface area (Å²) in [6, 6.07) is 0.307. The minimum Gasteiger partial charge on any atom is -0.358 e. The van der Waals surface area contributed by atoms with E-state index in [1.165, 1.54) is 0 Å². The lowest BCUT2D eigenvalue weighted by Crippen LogP contribution is -2.46. The Labute approximate surface area is 91.1 Å². The van der Waals surface area contributed by atoms with Gasteiger partial charge in [-0.1, -0.05) is 0 Å². The first-order chi connectivity index (χ1) is 7.08. The molecular formula is C10H18N2O2S. The van der Waals surface area contributed by atoms with E-state index >= 15 is 0 Å². The molecule has 0 aliphatic carbocycles. The van der Waals surface area contributed by atoms with Gasteiger partial charge >= 0.3 is 0 Å². The monoisotopic (exact) mass is 230 g/mol. The summed E-state index contributed by atoms with van der Waals surface area (Å²) < 4.78 is 22.6. The van der Waals surface area contributed by atoms with Crippen LogP contribution in [0.25, 0.3) is 0 Å². The number of amidine groups is 1. The van der Waals surface area contributed by atoms with Crippen LogP contribution in [0.1, 0.15) is 32.1 Å². The fourth-order valence-electron chi connectivity index (χ4n) is 2.45. The summed E-state index contributed by atoms with van der Waals surface area (Å²) in [5, 5.41) is 7.86. The normalized spacial score (nSPS) is 28.0. The third-order valence-corrected chi connectivity index (χ3v) is 5.09. The Morgan fingerprint density at radius 1 is 1.20 bits per heavy atom. The molecule has 2 saturated heterocycles. The van der Waals surface area contributed by atoms with Crippen LogP contribution in [0.5, 0.6) is 0 Å². The summed E-state index contributed by atoms with van der Waals surface area (Å²) in [5.74, 6) is 1.33. The molecule has 86 valence electrons. The number of nitrogens with one attached hydrogen (secondary N) is 1. The Kier molecular flexibility index (Phi) is 3.00. The van der Waals surface area contributed by atoms with E-state index in [0.29, 0.717) is 36.2 Å². The van der Waals surface area contributed by atoms with E-state index in [0.717, 1.165) is 25.8 Å². The molecule has 2 heterocycles. The Morgan fingerprint density at radius 3 is 2.47 bits per heavy atom. The highest BCUT2D eigenvalue weighted by Gasteiger charge is 2.30. The zero-order chi connectivity index (χ0) is 10.9. The molecule has 0 aromatic carbocycles. The zero-order valence-corrected chi connectivity index (χ0v) is 9.72. The maximum atomic E-state index is 11.3. The highest BCUT2D eigenvalue weighted by molar-refractivity contribution is 7.91. The Balaban J connectivity index is 1.97. The van der Waals surface area contributed by atoms with Gasteiger partial charge in [0.15, 0.2) is 0 Å². The smallest absolute Gasteiger partial charge is 0.150 e. The Bertz CT molecular complexity index is 336. The first-order valence-corrected chi connectivity index (χ1v) is 7.45. The molecule has 2 aliphatic heterocycles. The second-order valence-corrected chi connectivity index (χ2v) is 6.78. The fourth-order valence-corrected chi connectivity index (χ4v) is 3.91. The number of nitrogens with zero attached hydrogens (tertiary/aromatic N) is 1. The van der Waals surface area contributed by atoms with E-state index in [4.69, 9.17) is 5.41 Å². The second kappa shape index (κ2) is 4.12. The molecule has 4 nitrogen and oxygen atoms in total. The van der Waals surface area contributed by atoms with Gasteiger partial charge in [-0.25, -0.2) is 8.42 Å². The first-order valence-electron chi connectivity index (χ1n) is 5.63.